The third-order valence-corrected chi connectivity index (χ3v) is 3.66. The van der Waals surface area contributed by atoms with Gasteiger partial charge in [-0.05, 0) is 25.1 Å². The number of pyridine rings is 1. The van der Waals surface area contributed by atoms with Gasteiger partial charge in [0, 0.05) is 23.1 Å². The Labute approximate surface area is 107 Å². The number of nitriles is 1. The molecule has 0 aromatic carbocycles. The van der Waals surface area contributed by atoms with Crippen LogP contribution in [0.15, 0.2) is 22.8 Å². The van der Waals surface area contributed by atoms with E-state index >= 15 is 0 Å². The Hall–Kier alpha value is -1.38. The molecule has 0 spiro atoms. The number of halogens is 1. The molecule has 2 aromatic heterocycles. The molecular weight excluding hydrogens is 280 g/mol. The van der Waals surface area contributed by atoms with Gasteiger partial charge in [-0.2, -0.15) is 5.26 Å². The number of hydrogen-bond acceptors (Lipinski definition) is 3. The van der Waals surface area contributed by atoms with Gasteiger partial charge in [-0.25, -0.2) is 4.98 Å². The first-order valence-electron chi connectivity index (χ1n) is 5.58. The lowest BCUT2D eigenvalue weighted by Crippen LogP contribution is -2.10. The topological polar surface area (TPSA) is 53.1 Å². The average Bonchev–Trinajstić information content (AvgIpc) is 2.94. The van der Waals surface area contributed by atoms with Crippen molar-refractivity contribution in [3.8, 4) is 6.07 Å². The number of imidazole rings is 1. The number of fused-ring (bicyclic) bond motifs is 1. The first-order chi connectivity index (χ1) is 8.29. The van der Waals surface area contributed by atoms with Crippen molar-refractivity contribution >= 4 is 21.4 Å². The van der Waals surface area contributed by atoms with E-state index in [1.54, 1.807) is 0 Å². The van der Waals surface area contributed by atoms with Crippen molar-refractivity contribution in [2.45, 2.75) is 12.3 Å². The highest BCUT2D eigenvalue weighted by Gasteiger charge is 2.23. The van der Waals surface area contributed by atoms with Crippen LogP contribution in [0.2, 0.25) is 0 Å². The Balaban J connectivity index is 2.22. The molecule has 5 heteroatoms. The van der Waals surface area contributed by atoms with Gasteiger partial charge in [0.1, 0.15) is 11.9 Å². The predicted molar refractivity (Wildman–Crippen MR) is 67.8 cm³/mol. The van der Waals surface area contributed by atoms with Gasteiger partial charge < -0.3 is 9.72 Å². The molecule has 1 N–H and O–H groups in total. The fraction of sp³-hybridized carbons (Fsp3) is 0.333. The van der Waals surface area contributed by atoms with E-state index in [4.69, 9.17) is 5.26 Å². The molecule has 0 bridgehead atoms. The van der Waals surface area contributed by atoms with E-state index in [0.717, 1.165) is 35.3 Å². The van der Waals surface area contributed by atoms with E-state index in [0.29, 0.717) is 11.6 Å². The molecular formula is C12H11BrN4. The third-order valence-electron chi connectivity index (χ3n) is 3.16. The van der Waals surface area contributed by atoms with Crippen LogP contribution in [0.4, 0.5) is 0 Å². The maximum absolute atomic E-state index is 9.13. The van der Waals surface area contributed by atoms with Crippen molar-refractivity contribution in [2.24, 2.45) is 0 Å². The normalized spacial score (nSPS) is 19.6. The molecule has 0 aliphatic carbocycles. The summed E-state index contributed by atoms with van der Waals surface area (Å²) in [5.74, 6) is 1.40. The number of hydrogen-bond donors (Lipinski definition) is 1. The highest BCUT2D eigenvalue weighted by molar-refractivity contribution is 9.10. The Morgan fingerprint density at radius 2 is 2.47 bits per heavy atom. The van der Waals surface area contributed by atoms with Crippen molar-refractivity contribution in [2.75, 3.05) is 13.1 Å². The molecule has 1 atom stereocenters. The van der Waals surface area contributed by atoms with Gasteiger partial charge in [0.05, 0.1) is 5.52 Å². The van der Waals surface area contributed by atoms with Gasteiger partial charge in [-0.15, -0.1) is 0 Å². The molecule has 17 heavy (non-hydrogen) atoms. The maximum Gasteiger partial charge on any atom is 0.166 e. The molecule has 1 aliphatic rings. The summed E-state index contributed by atoms with van der Waals surface area (Å²) in [4.78, 5) is 4.47. The van der Waals surface area contributed by atoms with E-state index in [1.165, 1.54) is 0 Å². The summed E-state index contributed by atoms with van der Waals surface area (Å²) in [5, 5.41) is 12.5. The second-order valence-electron chi connectivity index (χ2n) is 4.22. The summed E-state index contributed by atoms with van der Waals surface area (Å²) in [6.45, 7) is 1.97. The number of aromatic nitrogens is 2. The zero-order valence-electron chi connectivity index (χ0n) is 9.15. The lowest BCUT2D eigenvalue weighted by molar-refractivity contribution is 0.698. The molecule has 3 heterocycles. The zero-order valence-corrected chi connectivity index (χ0v) is 10.7. The van der Waals surface area contributed by atoms with E-state index < -0.39 is 0 Å². The van der Waals surface area contributed by atoms with Crippen LogP contribution in [0.3, 0.4) is 0 Å². The Kier molecular flexibility index (Phi) is 2.61. The first kappa shape index (κ1) is 10.8. The van der Waals surface area contributed by atoms with Gasteiger partial charge in [0.2, 0.25) is 0 Å². The molecule has 0 amide bonds. The molecule has 1 aliphatic heterocycles. The molecule has 86 valence electrons. The van der Waals surface area contributed by atoms with Crippen molar-refractivity contribution in [1.29, 1.82) is 5.26 Å². The highest BCUT2D eigenvalue weighted by Crippen LogP contribution is 2.25. The van der Waals surface area contributed by atoms with Gasteiger partial charge >= 0.3 is 0 Å². The smallest absolute Gasteiger partial charge is 0.166 e. The summed E-state index contributed by atoms with van der Waals surface area (Å²) < 4.78 is 3.00. The largest absolute Gasteiger partial charge is 0.316 e. The Morgan fingerprint density at radius 3 is 3.18 bits per heavy atom. The van der Waals surface area contributed by atoms with E-state index in [2.05, 4.69) is 32.3 Å². The molecule has 0 saturated carbocycles. The van der Waals surface area contributed by atoms with Crippen LogP contribution in [0, 0.1) is 11.3 Å². The lowest BCUT2D eigenvalue weighted by atomic mass is 10.1. The summed E-state index contributed by atoms with van der Waals surface area (Å²) in [5.41, 5.74) is 1.39. The summed E-state index contributed by atoms with van der Waals surface area (Å²) >= 11 is 3.43. The standard InChI is InChI=1S/C12H11BrN4/c13-9-2-4-17-11(5-9)10(6-14)16-12(17)8-1-3-15-7-8/h2,4-5,8,15H,1,3,7H2. The highest BCUT2D eigenvalue weighted by atomic mass is 79.9. The van der Waals surface area contributed by atoms with E-state index in [-0.39, 0.29) is 0 Å². The van der Waals surface area contributed by atoms with Crippen LogP contribution in [0.1, 0.15) is 23.9 Å². The maximum atomic E-state index is 9.13. The predicted octanol–water partition coefficient (Wildman–Crippen LogP) is 2.05. The fourth-order valence-corrected chi connectivity index (χ4v) is 2.66. The molecule has 1 saturated heterocycles. The van der Waals surface area contributed by atoms with E-state index in [1.807, 2.05) is 22.7 Å². The van der Waals surface area contributed by atoms with Crippen LogP contribution in [0.25, 0.3) is 5.52 Å². The quantitative estimate of drug-likeness (QED) is 0.875. The molecule has 1 unspecified atom stereocenters. The monoisotopic (exact) mass is 290 g/mol. The van der Waals surface area contributed by atoms with Gasteiger partial charge in [-0.3, -0.25) is 0 Å². The summed E-state index contributed by atoms with van der Waals surface area (Å²) in [6.07, 6.45) is 3.06. The molecule has 4 nitrogen and oxygen atoms in total. The Bertz CT molecular complexity index is 605. The first-order valence-corrected chi connectivity index (χ1v) is 6.37. The van der Waals surface area contributed by atoms with E-state index in [9.17, 15) is 0 Å². The minimum Gasteiger partial charge on any atom is -0.316 e. The van der Waals surface area contributed by atoms with Crippen LogP contribution in [-0.2, 0) is 0 Å². The molecule has 2 aromatic rings. The van der Waals surface area contributed by atoms with Crippen molar-refractivity contribution in [3.05, 3.63) is 34.3 Å². The Morgan fingerprint density at radius 1 is 1.59 bits per heavy atom. The second-order valence-corrected chi connectivity index (χ2v) is 5.14. The summed E-state index contributed by atoms with van der Waals surface area (Å²) in [7, 11) is 0. The van der Waals surface area contributed by atoms with Gasteiger partial charge in [-0.1, -0.05) is 15.9 Å². The molecule has 3 rings (SSSR count). The van der Waals surface area contributed by atoms with Crippen molar-refractivity contribution < 1.29 is 0 Å². The third kappa shape index (κ3) is 1.74. The number of nitrogens with one attached hydrogen (secondary N) is 1. The average molecular weight is 291 g/mol. The number of rotatable bonds is 1. The molecule has 1 fully saturated rings. The minimum atomic E-state index is 0.408. The lowest BCUT2D eigenvalue weighted by Gasteiger charge is -2.06. The van der Waals surface area contributed by atoms with Gasteiger partial charge in [0.15, 0.2) is 5.69 Å². The SMILES string of the molecule is N#Cc1nc(C2CCNC2)n2ccc(Br)cc12. The fourth-order valence-electron chi connectivity index (χ4n) is 2.33. The van der Waals surface area contributed by atoms with Crippen molar-refractivity contribution in [3.63, 3.8) is 0 Å². The van der Waals surface area contributed by atoms with Crippen LogP contribution < -0.4 is 5.32 Å². The molecule has 0 radical (unpaired) electrons. The van der Waals surface area contributed by atoms with Crippen LogP contribution in [0.5, 0.6) is 0 Å². The number of nitrogens with zero attached hydrogens (tertiary/aromatic N) is 3. The van der Waals surface area contributed by atoms with Gasteiger partial charge in [0.25, 0.3) is 0 Å². The zero-order chi connectivity index (χ0) is 11.8. The van der Waals surface area contributed by atoms with Crippen molar-refractivity contribution in [1.82, 2.24) is 14.7 Å². The second kappa shape index (κ2) is 4.13. The van der Waals surface area contributed by atoms with Crippen LogP contribution in [-0.4, -0.2) is 22.5 Å². The summed E-state index contributed by atoms with van der Waals surface area (Å²) in [6, 6.07) is 6.08. The minimum absolute atomic E-state index is 0.408. The van der Waals surface area contributed by atoms with Crippen LogP contribution >= 0.6 is 15.9 Å².